The monoisotopic (exact) mass is 396 g/mol. The molecular formula is C21H28N6O2. The predicted molar refractivity (Wildman–Crippen MR) is 108 cm³/mol. The molecule has 2 amide bonds. The molecular weight excluding hydrogens is 368 g/mol. The third kappa shape index (κ3) is 4.48. The molecule has 1 aromatic carbocycles. The summed E-state index contributed by atoms with van der Waals surface area (Å²) in [5.74, 6) is 1.51. The first-order chi connectivity index (χ1) is 14.0. The van der Waals surface area contributed by atoms with Crippen LogP contribution in [0.2, 0.25) is 0 Å². The van der Waals surface area contributed by atoms with E-state index < -0.39 is 6.04 Å². The molecule has 0 spiro atoms. The lowest BCUT2D eigenvalue weighted by molar-refractivity contribution is -0.125. The molecule has 0 bridgehead atoms. The van der Waals surface area contributed by atoms with E-state index in [0.29, 0.717) is 19.4 Å². The third-order valence-corrected chi connectivity index (χ3v) is 5.91. The zero-order valence-electron chi connectivity index (χ0n) is 17.1. The van der Waals surface area contributed by atoms with Crippen molar-refractivity contribution in [1.29, 1.82) is 0 Å². The van der Waals surface area contributed by atoms with Gasteiger partial charge in [0, 0.05) is 39.0 Å². The van der Waals surface area contributed by atoms with Crippen molar-refractivity contribution in [2.45, 2.75) is 58.8 Å². The standard InChI is InChI=1S/C21H28N6O2/c1-14-3-4-16(11-15(14)2)13-26-8-7-18-24-25-19(27(18)10-9-26)12-22-21(29)17-5-6-20(28)23-17/h3-4,11,17H,5-10,12-13H2,1-2H3,(H,22,29)(H,23,28)/t17-/m0/s1. The molecule has 2 aliphatic heterocycles. The average molecular weight is 396 g/mol. The van der Waals surface area contributed by atoms with Gasteiger partial charge in [-0.15, -0.1) is 10.2 Å². The Labute approximate surface area is 170 Å². The van der Waals surface area contributed by atoms with Crippen molar-refractivity contribution < 1.29 is 9.59 Å². The highest BCUT2D eigenvalue weighted by Gasteiger charge is 2.27. The maximum atomic E-state index is 12.2. The maximum absolute atomic E-state index is 12.2. The van der Waals surface area contributed by atoms with Crippen LogP contribution >= 0.6 is 0 Å². The number of carbonyl (C=O) groups is 2. The second kappa shape index (κ2) is 8.32. The van der Waals surface area contributed by atoms with Crippen LogP contribution in [0.25, 0.3) is 0 Å². The molecule has 2 aliphatic rings. The summed E-state index contributed by atoms with van der Waals surface area (Å²) in [6.45, 7) is 8.20. The normalized spacial score (nSPS) is 19.5. The van der Waals surface area contributed by atoms with Gasteiger partial charge in [-0.3, -0.25) is 14.5 Å². The fourth-order valence-electron chi connectivity index (χ4n) is 3.98. The minimum Gasteiger partial charge on any atom is -0.347 e. The van der Waals surface area contributed by atoms with Gasteiger partial charge in [-0.25, -0.2) is 0 Å². The number of rotatable bonds is 5. The van der Waals surface area contributed by atoms with Gasteiger partial charge in [0.05, 0.1) is 6.54 Å². The summed E-state index contributed by atoms with van der Waals surface area (Å²) in [5, 5.41) is 14.2. The van der Waals surface area contributed by atoms with E-state index in [1.54, 1.807) is 0 Å². The number of nitrogens with zero attached hydrogens (tertiary/aromatic N) is 4. The lowest BCUT2D eigenvalue weighted by Gasteiger charge is -2.20. The second-order valence-corrected chi connectivity index (χ2v) is 8.01. The van der Waals surface area contributed by atoms with Crippen molar-refractivity contribution in [2.24, 2.45) is 0 Å². The number of fused-ring (bicyclic) bond motifs is 1. The number of aryl methyl sites for hydroxylation is 2. The van der Waals surface area contributed by atoms with Gasteiger partial charge in [-0.05, 0) is 37.0 Å². The third-order valence-electron chi connectivity index (χ3n) is 5.91. The van der Waals surface area contributed by atoms with Gasteiger partial charge in [0.15, 0.2) is 5.82 Å². The van der Waals surface area contributed by atoms with Crippen LogP contribution in [0.15, 0.2) is 18.2 Å². The van der Waals surface area contributed by atoms with E-state index in [1.807, 2.05) is 0 Å². The van der Waals surface area contributed by atoms with E-state index in [2.05, 4.69) is 62.3 Å². The van der Waals surface area contributed by atoms with Crippen LogP contribution in [0.4, 0.5) is 0 Å². The summed E-state index contributed by atoms with van der Waals surface area (Å²) >= 11 is 0. The minimum atomic E-state index is -0.428. The van der Waals surface area contributed by atoms with Crippen molar-refractivity contribution in [3.05, 3.63) is 46.5 Å². The van der Waals surface area contributed by atoms with Gasteiger partial charge < -0.3 is 15.2 Å². The van der Waals surface area contributed by atoms with Crippen LogP contribution in [0.5, 0.6) is 0 Å². The summed E-state index contributed by atoms with van der Waals surface area (Å²) in [5.41, 5.74) is 3.97. The first kappa shape index (κ1) is 19.6. The highest BCUT2D eigenvalue weighted by Crippen LogP contribution is 2.15. The molecule has 4 rings (SSSR count). The molecule has 2 N–H and O–H groups in total. The smallest absolute Gasteiger partial charge is 0.242 e. The van der Waals surface area contributed by atoms with E-state index in [0.717, 1.165) is 44.2 Å². The molecule has 2 aromatic rings. The van der Waals surface area contributed by atoms with Crippen LogP contribution in [0, 0.1) is 13.8 Å². The van der Waals surface area contributed by atoms with E-state index in [4.69, 9.17) is 0 Å². The number of carbonyl (C=O) groups excluding carboxylic acids is 2. The number of hydrogen-bond donors (Lipinski definition) is 2. The summed E-state index contributed by atoms with van der Waals surface area (Å²) in [6.07, 6.45) is 1.80. The van der Waals surface area contributed by atoms with E-state index in [1.165, 1.54) is 16.7 Å². The number of hydrogen-bond acceptors (Lipinski definition) is 5. The van der Waals surface area contributed by atoms with Crippen LogP contribution < -0.4 is 10.6 Å². The molecule has 1 fully saturated rings. The lowest BCUT2D eigenvalue weighted by atomic mass is 10.1. The predicted octanol–water partition coefficient (Wildman–Crippen LogP) is 0.848. The number of benzene rings is 1. The summed E-state index contributed by atoms with van der Waals surface area (Å²) in [4.78, 5) is 26.0. The van der Waals surface area contributed by atoms with E-state index in [-0.39, 0.29) is 11.8 Å². The van der Waals surface area contributed by atoms with E-state index in [9.17, 15) is 9.59 Å². The first-order valence-electron chi connectivity index (χ1n) is 10.3. The van der Waals surface area contributed by atoms with Gasteiger partial charge in [-0.2, -0.15) is 0 Å². The Hall–Kier alpha value is -2.74. The molecule has 3 heterocycles. The van der Waals surface area contributed by atoms with Crippen molar-refractivity contribution in [3.8, 4) is 0 Å². The van der Waals surface area contributed by atoms with Gasteiger partial charge in [0.2, 0.25) is 11.8 Å². The van der Waals surface area contributed by atoms with Gasteiger partial charge in [0.1, 0.15) is 11.9 Å². The molecule has 0 aliphatic carbocycles. The Morgan fingerprint density at radius 2 is 2.03 bits per heavy atom. The number of aromatic nitrogens is 3. The van der Waals surface area contributed by atoms with Gasteiger partial charge in [-0.1, -0.05) is 18.2 Å². The van der Waals surface area contributed by atoms with Gasteiger partial charge in [0.25, 0.3) is 0 Å². The molecule has 1 aromatic heterocycles. The molecule has 8 heteroatoms. The fraction of sp³-hybridized carbons (Fsp3) is 0.524. The van der Waals surface area contributed by atoms with Crippen molar-refractivity contribution in [2.75, 3.05) is 13.1 Å². The topological polar surface area (TPSA) is 92.2 Å². The molecule has 8 nitrogen and oxygen atoms in total. The Kier molecular flexibility index (Phi) is 5.62. The summed E-state index contributed by atoms with van der Waals surface area (Å²) in [6, 6.07) is 6.23. The Balaban J connectivity index is 1.34. The average Bonchev–Trinajstić information content (AvgIpc) is 3.25. The molecule has 0 radical (unpaired) electrons. The molecule has 154 valence electrons. The minimum absolute atomic E-state index is 0.0645. The largest absolute Gasteiger partial charge is 0.347 e. The van der Waals surface area contributed by atoms with Crippen LogP contribution in [-0.4, -0.2) is 50.6 Å². The van der Waals surface area contributed by atoms with Crippen molar-refractivity contribution in [3.63, 3.8) is 0 Å². The zero-order valence-corrected chi connectivity index (χ0v) is 17.1. The zero-order chi connectivity index (χ0) is 20.4. The van der Waals surface area contributed by atoms with Crippen molar-refractivity contribution >= 4 is 11.8 Å². The Morgan fingerprint density at radius 3 is 2.79 bits per heavy atom. The highest BCUT2D eigenvalue weighted by molar-refractivity contribution is 5.90. The first-order valence-corrected chi connectivity index (χ1v) is 10.3. The summed E-state index contributed by atoms with van der Waals surface area (Å²) in [7, 11) is 0. The van der Waals surface area contributed by atoms with Gasteiger partial charge >= 0.3 is 0 Å². The SMILES string of the molecule is Cc1ccc(CN2CCc3nnc(CNC(=O)[C@@H]4CCC(=O)N4)n3CC2)cc1C. The Morgan fingerprint density at radius 1 is 1.17 bits per heavy atom. The number of amides is 2. The quantitative estimate of drug-likeness (QED) is 0.782. The lowest BCUT2D eigenvalue weighted by Crippen LogP contribution is -2.41. The van der Waals surface area contributed by atoms with E-state index >= 15 is 0 Å². The maximum Gasteiger partial charge on any atom is 0.242 e. The Bertz CT molecular complexity index is 922. The molecule has 0 unspecified atom stereocenters. The molecule has 1 saturated heterocycles. The molecule has 29 heavy (non-hydrogen) atoms. The van der Waals surface area contributed by atoms with Crippen LogP contribution in [-0.2, 0) is 35.6 Å². The summed E-state index contributed by atoms with van der Waals surface area (Å²) < 4.78 is 2.12. The van der Waals surface area contributed by atoms with Crippen LogP contribution in [0.3, 0.4) is 0 Å². The second-order valence-electron chi connectivity index (χ2n) is 8.01. The fourth-order valence-corrected chi connectivity index (χ4v) is 3.98. The highest BCUT2D eigenvalue weighted by atomic mass is 16.2. The van der Waals surface area contributed by atoms with Crippen LogP contribution in [0.1, 0.15) is 41.2 Å². The van der Waals surface area contributed by atoms with Crippen molar-refractivity contribution in [1.82, 2.24) is 30.3 Å². The molecule has 1 atom stereocenters. The number of nitrogens with one attached hydrogen (secondary N) is 2. The molecule has 0 saturated carbocycles.